The second kappa shape index (κ2) is 3.48. The third kappa shape index (κ3) is 2.31. The number of nitrogens with one attached hydrogen (secondary N) is 1. The molecule has 0 saturated heterocycles. The summed E-state index contributed by atoms with van der Waals surface area (Å²) in [7, 11) is 0. The molecule has 0 aromatic carbocycles. The van der Waals surface area contributed by atoms with Crippen molar-refractivity contribution in [2.75, 3.05) is 0 Å². The Labute approximate surface area is 66.2 Å². The summed E-state index contributed by atoms with van der Waals surface area (Å²) in [6.07, 6.45) is 2.42. The van der Waals surface area contributed by atoms with Gasteiger partial charge in [-0.3, -0.25) is 5.10 Å². The molecule has 4 nitrogen and oxygen atoms in total. The molecule has 0 bridgehead atoms. The quantitative estimate of drug-likeness (QED) is 0.678. The van der Waals surface area contributed by atoms with Crippen molar-refractivity contribution in [3.8, 4) is 0 Å². The maximum absolute atomic E-state index is 5.81. The van der Waals surface area contributed by atoms with E-state index >= 15 is 0 Å². The normalized spacial score (nSPS) is 13.8. The summed E-state index contributed by atoms with van der Waals surface area (Å²) in [5.41, 5.74) is 5.81. The lowest BCUT2D eigenvalue weighted by Crippen LogP contribution is -2.14. The van der Waals surface area contributed by atoms with E-state index in [0.29, 0.717) is 5.92 Å². The molecular formula is C7H14N4. The van der Waals surface area contributed by atoms with E-state index in [4.69, 9.17) is 5.73 Å². The Morgan fingerprint density at radius 3 is 2.82 bits per heavy atom. The first-order valence-corrected chi connectivity index (χ1v) is 3.81. The second-order valence-corrected chi connectivity index (χ2v) is 3.11. The van der Waals surface area contributed by atoms with Gasteiger partial charge in [-0.25, -0.2) is 4.98 Å². The number of nitrogens with two attached hydrogens (primary N) is 1. The average Bonchev–Trinajstić information content (AvgIpc) is 2.35. The second-order valence-electron chi connectivity index (χ2n) is 3.11. The van der Waals surface area contributed by atoms with E-state index in [2.05, 4.69) is 29.0 Å². The summed E-state index contributed by atoms with van der Waals surface area (Å²) < 4.78 is 0. The number of hydrogen-bond acceptors (Lipinski definition) is 3. The largest absolute Gasteiger partial charge is 0.321 e. The molecule has 62 valence electrons. The molecule has 4 heteroatoms. The molecule has 0 fully saturated rings. The fourth-order valence-corrected chi connectivity index (χ4v) is 1.01. The van der Waals surface area contributed by atoms with Gasteiger partial charge in [0.1, 0.15) is 12.2 Å². The van der Waals surface area contributed by atoms with E-state index in [1.54, 1.807) is 0 Å². The van der Waals surface area contributed by atoms with Crippen molar-refractivity contribution >= 4 is 0 Å². The van der Waals surface area contributed by atoms with Gasteiger partial charge in [0, 0.05) is 0 Å². The van der Waals surface area contributed by atoms with E-state index in [9.17, 15) is 0 Å². The van der Waals surface area contributed by atoms with Crippen LogP contribution < -0.4 is 5.73 Å². The summed E-state index contributed by atoms with van der Waals surface area (Å²) >= 11 is 0. The van der Waals surface area contributed by atoms with Gasteiger partial charge >= 0.3 is 0 Å². The smallest absolute Gasteiger partial charge is 0.141 e. The molecule has 1 aromatic rings. The minimum absolute atomic E-state index is 0.00231. The van der Waals surface area contributed by atoms with E-state index < -0.39 is 0 Å². The topological polar surface area (TPSA) is 67.6 Å². The molecule has 11 heavy (non-hydrogen) atoms. The molecule has 1 atom stereocenters. The van der Waals surface area contributed by atoms with Gasteiger partial charge in [-0.1, -0.05) is 13.8 Å². The number of rotatable bonds is 3. The summed E-state index contributed by atoms with van der Waals surface area (Å²) in [5.74, 6) is 1.37. The SMILES string of the molecule is CC(C)C[C@@H](N)c1ncn[nH]1. The molecule has 0 spiro atoms. The Kier molecular flexibility index (Phi) is 2.59. The molecule has 1 aromatic heterocycles. The van der Waals surface area contributed by atoms with Crippen molar-refractivity contribution < 1.29 is 0 Å². The lowest BCUT2D eigenvalue weighted by molar-refractivity contribution is 0.494. The van der Waals surface area contributed by atoms with Crippen molar-refractivity contribution in [3.63, 3.8) is 0 Å². The zero-order chi connectivity index (χ0) is 8.27. The van der Waals surface area contributed by atoms with Crippen LogP contribution in [-0.2, 0) is 0 Å². The van der Waals surface area contributed by atoms with Crippen LogP contribution in [0.1, 0.15) is 32.1 Å². The van der Waals surface area contributed by atoms with E-state index in [-0.39, 0.29) is 6.04 Å². The molecular weight excluding hydrogens is 140 g/mol. The van der Waals surface area contributed by atoms with Crippen LogP contribution in [0.2, 0.25) is 0 Å². The first kappa shape index (κ1) is 8.20. The van der Waals surface area contributed by atoms with Crippen molar-refractivity contribution in [1.82, 2.24) is 15.2 Å². The molecule has 0 unspecified atom stereocenters. The zero-order valence-electron chi connectivity index (χ0n) is 6.91. The van der Waals surface area contributed by atoms with Crippen LogP contribution in [0.15, 0.2) is 6.33 Å². The Morgan fingerprint density at radius 1 is 1.64 bits per heavy atom. The number of aromatic nitrogens is 3. The van der Waals surface area contributed by atoms with E-state index in [1.807, 2.05) is 0 Å². The van der Waals surface area contributed by atoms with Crippen LogP contribution in [0.5, 0.6) is 0 Å². The summed E-state index contributed by atoms with van der Waals surface area (Å²) in [6, 6.07) is -0.00231. The fraction of sp³-hybridized carbons (Fsp3) is 0.714. The van der Waals surface area contributed by atoms with Crippen LogP contribution in [0.3, 0.4) is 0 Å². The molecule has 0 aliphatic carbocycles. The van der Waals surface area contributed by atoms with Gasteiger partial charge in [-0.15, -0.1) is 0 Å². The Bertz CT molecular complexity index is 192. The zero-order valence-corrected chi connectivity index (χ0v) is 6.91. The molecule has 0 amide bonds. The predicted octanol–water partition coefficient (Wildman–Crippen LogP) is 0.851. The molecule has 1 rings (SSSR count). The van der Waals surface area contributed by atoms with E-state index in [0.717, 1.165) is 12.2 Å². The first-order chi connectivity index (χ1) is 5.20. The number of aromatic amines is 1. The molecule has 0 aliphatic rings. The average molecular weight is 154 g/mol. The van der Waals surface area contributed by atoms with Crippen LogP contribution in [0.25, 0.3) is 0 Å². The third-order valence-corrected chi connectivity index (χ3v) is 1.51. The van der Waals surface area contributed by atoms with Gasteiger partial charge in [-0.2, -0.15) is 5.10 Å². The van der Waals surface area contributed by atoms with Crippen LogP contribution in [0.4, 0.5) is 0 Å². The van der Waals surface area contributed by atoms with Gasteiger partial charge in [0.15, 0.2) is 0 Å². The monoisotopic (exact) mass is 154 g/mol. The highest BCUT2D eigenvalue weighted by atomic mass is 15.2. The minimum atomic E-state index is -0.00231. The maximum Gasteiger partial charge on any atom is 0.141 e. The highest BCUT2D eigenvalue weighted by Gasteiger charge is 2.09. The van der Waals surface area contributed by atoms with Crippen LogP contribution >= 0.6 is 0 Å². The van der Waals surface area contributed by atoms with Gasteiger partial charge < -0.3 is 5.73 Å². The Hall–Kier alpha value is -0.900. The van der Waals surface area contributed by atoms with Gasteiger partial charge in [0.25, 0.3) is 0 Å². The molecule has 0 aliphatic heterocycles. The molecule has 0 radical (unpaired) electrons. The number of hydrogen-bond donors (Lipinski definition) is 2. The van der Waals surface area contributed by atoms with Gasteiger partial charge in [0.2, 0.25) is 0 Å². The van der Waals surface area contributed by atoms with Gasteiger partial charge in [-0.05, 0) is 12.3 Å². The first-order valence-electron chi connectivity index (χ1n) is 3.81. The molecule has 0 saturated carbocycles. The fourth-order valence-electron chi connectivity index (χ4n) is 1.01. The maximum atomic E-state index is 5.81. The Morgan fingerprint density at radius 2 is 2.36 bits per heavy atom. The van der Waals surface area contributed by atoms with Crippen LogP contribution in [0, 0.1) is 5.92 Å². The highest BCUT2D eigenvalue weighted by Crippen LogP contribution is 2.13. The lowest BCUT2D eigenvalue weighted by Gasteiger charge is -2.09. The summed E-state index contributed by atoms with van der Waals surface area (Å²) in [5, 5.41) is 6.49. The van der Waals surface area contributed by atoms with Crippen molar-refractivity contribution in [1.29, 1.82) is 0 Å². The lowest BCUT2D eigenvalue weighted by atomic mass is 10.0. The van der Waals surface area contributed by atoms with Crippen molar-refractivity contribution in [3.05, 3.63) is 12.2 Å². The molecule has 3 N–H and O–H groups in total. The van der Waals surface area contributed by atoms with Gasteiger partial charge in [0.05, 0.1) is 6.04 Å². The van der Waals surface area contributed by atoms with Crippen LogP contribution in [-0.4, -0.2) is 15.2 Å². The third-order valence-electron chi connectivity index (χ3n) is 1.51. The summed E-state index contributed by atoms with van der Waals surface area (Å²) in [6.45, 7) is 4.27. The van der Waals surface area contributed by atoms with Crippen molar-refractivity contribution in [2.45, 2.75) is 26.3 Å². The standard InChI is InChI=1S/C7H14N4/c1-5(2)3-6(8)7-9-4-10-11-7/h4-6H,3,8H2,1-2H3,(H,9,10,11)/t6-/m1/s1. The highest BCUT2D eigenvalue weighted by molar-refractivity contribution is 4.89. The molecule has 1 heterocycles. The number of nitrogens with zero attached hydrogens (tertiary/aromatic N) is 2. The van der Waals surface area contributed by atoms with E-state index in [1.165, 1.54) is 6.33 Å². The minimum Gasteiger partial charge on any atom is -0.321 e. The summed E-state index contributed by atoms with van der Waals surface area (Å²) in [4.78, 5) is 3.98. The number of H-pyrrole nitrogens is 1. The van der Waals surface area contributed by atoms with Crippen molar-refractivity contribution in [2.24, 2.45) is 11.7 Å². The Balaban J connectivity index is 2.49. The predicted molar refractivity (Wildman–Crippen MR) is 42.8 cm³/mol.